The van der Waals surface area contributed by atoms with E-state index in [0.29, 0.717) is 6.42 Å². The predicted octanol–water partition coefficient (Wildman–Crippen LogP) is 2.28. The molecule has 1 atom stereocenters. The maximum absolute atomic E-state index is 9.23. The van der Waals surface area contributed by atoms with Crippen LogP contribution >= 0.6 is 0 Å². The van der Waals surface area contributed by atoms with Gasteiger partial charge in [0.2, 0.25) is 0 Å². The fourth-order valence-corrected chi connectivity index (χ4v) is 0.549. The third kappa shape index (κ3) is 4.33. The quantitative estimate of drug-likeness (QED) is 0.596. The second-order valence-corrected chi connectivity index (χ2v) is 2.88. The van der Waals surface area contributed by atoms with Crippen LogP contribution in [-0.4, -0.2) is 11.2 Å². The molecular weight excluding hydrogens is 124 g/mol. The zero-order chi connectivity index (χ0) is 8.15. The second kappa shape index (κ2) is 4.29. The normalized spacial score (nSPS) is 12.4. The molecule has 10 heavy (non-hydrogen) atoms. The van der Waals surface area contributed by atoms with Crippen LogP contribution in [0.25, 0.3) is 0 Å². The molecule has 1 nitrogen and oxygen atoms in total. The molecule has 0 saturated heterocycles. The molecule has 0 radical (unpaired) electrons. The van der Waals surface area contributed by atoms with Gasteiger partial charge in [0.25, 0.3) is 0 Å². The van der Waals surface area contributed by atoms with Crippen LogP contribution in [0.1, 0.15) is 27.2 Å². The first-order valence-electron chi connectivity index (χ1n) is 3.51. The van der Waals surface area contributed by atoms with Gasteiger partial charge < -0.3 is 5.11 Å². The monoisotopic (exact) mass is 140 g/mol. The Morgan fingerprint density at radius 2 is 2.00 bits per heavy atom. The molecule has 0 spiro atoms. The summed E-state index contributed by atoms with van der Waals surface area (Å²) in [4.78, 5) is 0. The molecular formula is C9H16O. The van der Waals surface area contributed by atoms with Crippen LogP contribution in [0.15, 0.2) is 23.8 Å². The molecule has 0 aliphatic carbocycles. The Morgan fingerprint density at radius 1 is 1.50 bits per heavy atom. The zero-order valence-corrected chi connectivity index (χ0v) is 7.02. The van der Waals surface area contributed by atoms with E-state index in [1.165, 1.54) is 5.57 Å². The van der Waals surface area contributed by atoms with Gasteiger partial charge in [-0.2, -0.15) is 0 Å². The summed E-state index contributed by atoms with van der Waals surface area (Å²) in [7, 11) is 0. The van der Waals surface area contributed by atoms with E-state index in [0.717, 1.165) is 5.57 Å². The number of rotatable bonds is 3. The van der Waals surface area contributed by atoms with Gasteiger partial charge in [0.1, 0.15) is 0 Å². The highest BCUT2D eigenvalue weighted by Gasteiger charge is 1.99. The van der Waals surface area contributed by atoms with E-state index in [1.807, 2.05) is 26.8 Å². The molecule has 0 saturated carbocycles. The summed E-state index contributed by atoms with van der Waals surface area (Å²) in [6.45, 7) is 9.53. The van der Waals surface area contributed by atoms with E-state index in [9.17, 15) is 5.11 Å². The summed E-state index contributed by atoms with van der Waals surface area (Å²) in [6, 6.07) is 0. The van der Waals surface area contributed by atoms with E-state index >= 15 is 0 Å². The number of hydrogen-bond acceptors (Lipinski definition) is 1. The highest BCUT2D eigenvalue weighted by atomic mass is 16.3. The van der Waals surface area contributed by atoms with Crippen molar-refractivity contribution >= 4 is 0 Å². The Morgan fingerprint density at radius 3 is 2.30 bits per heavy atom. The lowest BCUT2D eigenvalue weighted by molar-refractivity contribution is 0.214. The molecule has 58 valence electrons. The Hall–Kier alpha value is -0.560. The summed E-state index contributed by atoms with van der Waals surface area (Å²) in [5.74, 6) is 0. The molecule has 0 aromatic carbocycles. The average Bonchev–Trinajstić information content (AvgIpc) is 1.82. The van der Waals surface area contributed by atoms with Crippen LogP contribution in [0.5, 0.6) is 0 Å². The van der Waals surface area contributed by atoms with Gasteiger partial charge in [0.05, 0.1) is 6.10 Å². The first-order valence-corrected chi connectivity index (χ1v) is 3.51. The summed E-state index contributed by atoms with van der Waals surface area (Å²) in [5.41, 5.74) is 2.07. The molecule has 1 heteroatoms. The summed E-state index contributed by atoms with van der Waals surface area (Å²) in [5, 5.41) is 9.23. The topological polar surface area (TPSA) is 20.2 Å². The summed E-state index contributed by atoms with van der Waals surface area (Å²) < 4.78 is 0. The van der Waals surface area contributed by atoms with Gasteiger partial charge in [0.15, 0.2) is 0 Å². The fraction of sp³-hybridized carbons (Fsp3) is 0.556. The van der Waals surface area contributed by atoms with Crippen LogP contribution < -0.4 is 0 Å². The van der Waals surface area contributed by atoms with Crippen molar-refractivity contribution in [2.75, 3.05) is 0 Å². The number of aliphatic hydroxyl groups excluding tert-OH is 1. The van der Waals surface area contributed by atoms with Crippen molar-refractivity contribution in [1.82, 2.24) is 0 Å². The third-order valence-electron chi connectivity index (χ3n) is 1.32. The molecule has 0 aromatic heterocycles. The number of aliphatic hydroxyl groups is 1. The first-order chi connectivity index (χ1) is 4.54. The molecule has 0 aliphatic heterocycles. The van der Waals surface area contributed by atoms with Crippen LogP contribution in [-0.2, 0) is 0 Å². The van der Waals surface area contributed by atoms with Crippen molar-refractivity contribution in [3.63, 3.8) is 0 Å². The minimum absolute atomic E-state index is 0.366. The molecule has 0 heterocycles. The SMILES string of the molecule is C=C(C)[C@@H](O)CC=C(C)C. The second-order valence-electron chi connectivity index (χ2n) is 2.88. The van der Waals surface area contributed by atoms with Gasteiger partial charge in [-0.25, -0.2) is 0 Å². The van der Waals surface area contributed by atoms with Crippen LogP contribution in [0.3, 0.4) is 0 Å². The Labute approximate surface area is 63.1 Å². The largest absolute Gasteiger partial charge is 0.388 e. The van der Waals surface area contributed by atoms with Gasteiger partial charge in [-0.3, -0.25) is 0 Å². The molecule has 0 aliphatic rings. The lowest BCUT2D eigenvalue weighted by atomic mass is 10.1. The molecule has 0 bridgehead atoms. The van der Waals surface area contributed by atoms with Gasteiger partial charge in [0, 0.05) is 0 Å². The molecule has 1 N–H and O–H groups in total. The fourth-order valence-electron chi connectivity index (χ4n) is 0.549. The maximum atomic E-state index is 9.23. The molecule has 0 aromatic rings. The van der Waals surface area contributed by atoms with Crippen molar-refractivity contribution in [2.24, 2.45) is 0 Å². The van der Waals surface area contributed by atoms with Gasteiger partial charge in [-0.05, 0) is 27.2 Å². The highest BCUT2D eigenvalue weighted by Crippen LogP contribution is 2.04. The first kappa shape index (κ1) is 9.44. The zero-order valence-electron chi connectivity index (χ0n) is 7.02. The van der Waals surface area contributed by atoms with Crippen molar-refractivity contribution in [2.45, 2.75) is 33.3 Å². The lowest BCUT2D eigenvalue weighted by Crippen LogP contribution is -2.04. The predicted molar refractivity (Wildman–Crippen MR) is 44.9 cm³/mol. The lowest BCUT2D eigenvalue weighted by Gasteiger charge is -2.05. The van der Waals surface area contributed by atoms with Gasteiger partial charge >= 0.3 is 0 Å². The number of hydrogen-bond donors (Lipinski definition) is 1. The van der Waals surface area contributed by atoms with Gasteiger partial charge in [-0.15, -0.1) is 0 Å². The summed E-state index contributed by atoms with van der Waals surface area (Å²) >= 11 is 0. The standard InChI is InChI=1S/C9H16O/c1-7(2)5-6-9(10)8(3)4/h5,9-10H,3,6H2,1-2,4H3/t9-/m0/s1. The molecule has 0 fully saturated rings. The van der Waals surface area contributed by atoms with Crippen LogP contribution in [0, 0.1) is 0 Å². The Balaban J connectivity index is 3.70. The maximum Gasteiger partial charge on any atom is 0.0779 e. The van der Waals surface area contributed by atoms with E-state index in [2.05, 4.69) is 6.58 Å². The van der Waals surface area contributed by atoms with Crippen molar-refractivity contribution in [1.29, 1.82) is 0 Å². The van der Waals surface area contributed by atoms with Gasteiger partial charge in [-0.1, -0.05) is 23.8 Å². The molecule has 0 amide bonds. The molecule has 0 rings (SSSR count). The number of allylic oxidation sites excluding steroid dienone is 1. The third-order valence-corrected chi connectivity index (χ3v) is 1.32. The minimum Gasteiger partial charge on any atom is -0.388 e. The van der Waals surface area contributed by atoms with E-state index in [-0.39, 0.29) is 6.10 Å². The summed E-state index contributed by atoms with van der Waals surface area (Å²) in [6.07, 6.45) is 2.34. The molecule has 0 unspecified atom stereocenters. The Bertz CT molecular complexity index is 141. The van der Waals surface area contributed by atoms with E-state index < -0.39 is 0 Å². The highest BCUT2D eigenvalue weighted by molar-refractivity contribution is 5.03. The van der Waals surface area contributed by atoms with Crippen LogP contribution in [0.4, 0.5) is 0 Å². The average molecular weight is 140 g/mol. The van der Waals surface area contributed by atoms with Crippen LogP contribution in [0.2, 0.25) is 0 Å². The van der Waals surface area contributed by atoms with Crippen molar-refractivity contribution < 1.29 is 5.11 Å². The smallest absolute Gasteiger partial charge is 0.0779 e. The van der Waals surface area contributed by atoms with E-state index in [1.54, 1.807) is 0 Å². The van der Waals surface area contributed by atoms with E-state index in [4.69, 9.17) is 0 Å². The minimum atomic E-state index is -0.366. The Kier molecular flexibility index (Phi) is 4.05. The van der Waals surface area contributed by atoms with Crippen molar-refractivity contribution in [3.05, 3.63) is 23.8 Å². The van der Waals surface area contributed by atoms with Crippen molar-refractivity contribution in [3.8, 4) is 0 Å².